The number of rotatable bonds is 6. The number of aliphatic hydroxyl groups excluding tert-OH is 1. The fourth-order valence-corrected chi connectivity index (χ4v) is 3.40. The van der Waals surface area contributed by atoms with Crippen LogP contribution in [0.2, 0.25) is 0 Å². The highest BCUT2D eigenvalue weighted by Crippen LogP contribution is 2.10. The van der Waals surface area contributed by atoms with Gasteiger partial charge in [-0.05, 0) is 18.2 Å². The number of piperazine rings is 1. The first-order chi connectivity index (χ1) is 12.3. The van der Waals surface area contributed by atoms with Crippen LogP contribution in [0.1, 0.15) is 5.69 Å². The summed E-state index contributed by atoms with van der Waals surface area (Å²) in [6, 6.07) is 7.94. The van der Waals surface area contributed by atoms with E-state index in [2.05, 4.69) is 30.5 Å². The van der Waals surface area contributed by atoms with Crippen molar-refractivity contribution in [3.05, 3.63) is 54.7 Å². The molecule has 7 heteroatoms. The lowest BCUT2D eigenvalue weighted by Gasteiger charge is -2.35. The van der Waals surface area contributed by atoms with Crippen molar-refractivity contribution in [3.8, 4) is 0 Å². The number of aromatic nitrogens is 4. The van der Waals surface area contributed by atoms with E-state index in [1.807, 2.05) is 36.7 Å². The number of imidazole rings is 1. The highest BCUT2D eigenvalue weighted by atomic mass is 16.3. The summed E-state index contributed by atoms with van der Waals surface area (Å²) in [7, 11) is 0. The van der Waals surface area contributed by atoms with Gasteiger partial charge in [-0.15, -0.1) is 0 Å². The number of nitrogens with zero attached hydrogens (tertiary/aromatic N) is 6. The van der Waals surface area contributed by atoms with Gasteiger partial charge in [0, 0.05) is 64.1 Å². The van der Waals surface area contributed by atoms with Crippen molar-refractivity contribution in [2.75, 3.05) is 32.7 Å². The van der Waals surface area contributed by atoms with Gasteiger partial charge in [-0.25, -0.2) is 4.98 Å². The third kappa shape index (κ3) is 4.07. The summed E-state index contributed by atoms with van der Waals surface area (Å²) in [5.41, 5.74) is 2.11. The Labute approximate surface area is 147 Å². The maximum absolute atomic E-state index is 10.2. The Morgan fingerprint density at radius 1 is 1.00 bits per heavy atom. The summed E-state index contributed by atoms with van der Waals surface area (Å²) in [5, 5.41) is 14.4. The zero-order valence-corrected chi connectivity index (χ0v) is 14.3. The maximum atomic E-state index is 10.2. The molecular weight excluding hydrogens is 316 g/mol. The summed E-state index contributed by atoms with van der Waals surface area (Å²) in [6.07, 6.45) is 7.38. The second kappa shape index (κ2) is 7.35. The van der Waals surface area contributed by atoms with Gasteiger partial charge in [0.05, 0.1) is 18.3 Å². The quantitative estimate of drug-likeness (QED) is 0.716. The van der Waals surface area contributed by atoms with Gasteiger partial charge in [-0.1, -0.05) is 6.07 Å². The van der Waals surface area contributed by atoms with E-state index < -0.39 is 0 Å². The molecule has 1 aliphatic heterocycles. The largest absolute Gasteiger partial charge is 0.390 e. The normalized spacial score (nSPS) is 18.0. The van der Waals surface area contributed by atoms with Crippen LogP contribution in [-0.4, -0.2) is 72.9 Å². The van der Waals surface area contributed by atoms with Gasteiger partial charge in [-0.2, -0.15) is 5.10 Å². The minimum absolute atomic E-state index is 0.384. The molecule has 4 rings (SSSR count). The highest BCUT2D eigenvalue weighted by molar-refractivity contribution is 5.39. The van der Waals surface area contributed by atoms with Gasteiger partial charge in [0.15, 0.2) is 0 Å². The molecule has 25 heavy (non-hydrogen) atoms. The molecule has 0 spiro atoms. The highest BCUT2D eigenvalue weighted by Gasteiger charge is 2.20. The van der Waals surface area contributed by atoms with Crippen LogP contribution in [-0.2, 0) is 13.1 Å². The topological polar surface area (TPSA) is 61.8 Å². The van der Waals surface area contributed by atoms with Crippen LogP contribution in [0.15, 0.2) is 49.1 Å². The average molecular weight is 340 g/mol. The summed E-state index contributed by atoms with van der Waals surface area (Å²) in [5.74, 6) is 0. The van der Waals surface area contributed by atoms with Crippen LogP contribution in [0.5, 0.6) is 0 Å². The third-order valence-corrected chi connectivity index (χ3v) is 4.69. The minimum atomic E-state index is -0.384. The first-order valence-electron chi connectivity index (χ1n) is 8.79. The first kappa shape index (κ1) is 16.3. The van der Waals surface area contributed by atoms with E-state index in [4.69, 9.17) is 0 Å². The lowest BCUT2D eigenvalue weighted by atomic mass is 10.2. The average Bonchev–Trinajstić information content (AvgIpc) is 3.25. The number of pyridine rings is 1. The van der Waals surface area contributed by atoms with Crippen molar-refractivity contribution in [3.63, 3.8) is 0 Å². The Morgan fingerprint density at radius 3 is 2.60 bits per heavy atom. The van der Waals surface area contributed by atoms with Crippen molar-refractivity contribution in [1.82, 2.24) is 29.0 Å². The molecule has 0 aliphatic carbocycles. The molecule has 3 aromatic heterocycles. The lowest BCUT2D eigenvalue weighted by molar-refractivity contribution is 0.0602. The molecule has 0 saturated carbocycles. The Bertz CT molecular complexity index is 758. The Hall–Kier alpha value is -2.22. The van der Waals surface area contributed by atoms with Crippen molar-refractivity contribution in [2.24, 2.45) is 0 Å². The maximum Gasteiger partial charge on any atom is 0.137 e. The van der Waals surface area contributed by atoms with Crippen LogP contribution in [0.4, 0.5) is 0 Å². The predicted molar refractivity (Wildman–Crippen MR) is 95.1 cm³/mol. The fourth-order valence-electron chi connectivity index (χ4n) is 3.40. The zero-order valence-electron chi connectivity index (χ0n) is 14.3. The summed E-state index contributed by atoms with van der Waals surface area (Å²) < 4.78 is 3.85. The molecule has 1 N–H and O–H groups in total. The molecule has 0 unspecified atom stereocenters. The Morgan fingerprint density at radius 2 is 1.84 bits per heavy atom. The first-order valence-corrected chi connectivity index (χ1v) is 8.79. The predicted octanol–water partition coefficient (Wildman–Crippen LogP) is 0.709. The van der Waals surface area contributed by atoms with E-state index in [9.17, 15) is 5.11 Å². The molecule has 1 saturated heterocycles. The second-order valence-electron chi connectivity index (χ2n) is 6.66. The molecule has 1 aliphatic rings. The van der Waals surface area contributed by atoms with E-state index in [0.29, 0.717) is 13.1 Å². The molecular formula is C18H24N6O. The summed E-state index contributed by atoms with van der Waals surface area (Å²) in [6.45, 7) is 6.08. The number of β-amino-alcohol motifs (C(OH)–C–C–N with tert-alkyl or cyclic N) is 1. The monoisotopic (exact) mass is 340 g/mol. The van der Waals surface area contributed by atoms with Crippen molar-refractivity contribution in [1.29, 1.82) is 0 Å². The molecule has 3 aromatic rings. The molecule has 1 atom stereocenters. The number of hydrogen-bond donors (Lipinski definition) is 1. The third-order valence-electron chi connectivity index (χ3n) is 4.69. The smallest absolute Gasteiger partial charge is 0.137 e. The molecule has 132 valence electrons. The van der Waals surface area contributed by atoms with Gasteiger partial charge in [0.1, 0.15) is 5.65 Å². The van der Waals surface area contributed by atoms with Crippen molar-refractivity contribution in [2.45, 2.75) is 19.2 Å². The minimum Gasteiger partial charge on any atom is -0.390 e. The van der Waals surface area contributed by atoms with Crippen LogP contribution < -0.4 is 0 Å². The number of fused-ring (bicyclic) bond motifs is 1. The van der Waals surface area contributed by atoms with Crippen molar-refractivity contribution >= 4 is 5.65 Å². The van der Waals surface area contributed by atoms with E-state index in [0.717, 1.165) is 44.1 Å². The lowest BCUT2D eigenvalue weighted by Crippen LogP contribution is -2.48. The number of aliphatic hydroxyl groups is 1. The SMILES string of the molecule is O[C@H](CN1CCN(Cc2cn3ccccc3n2)CC1)Cn1cccn1. The van der Waals surface area contributed by atoms with E-state index in [1.54, 1.807) is 10.9 Å². The molecule has 0 bridgehead atoms. The van der Waals surface area contributed by atoms with Crippen LogP contribution in [0.3, 0.4) is 0 Å². The standard InChI is InChI=1S/C18H24N6O/c25-17(15-24-7-3-5-19-24)14-22-10-8-21(9-11-22)12-16-13-23-6-2-1-4-18(23)20-16/h1-7,13,17,25H,8-12,14-15H2/t17-/m1/s1. The van der Waals surface area contributed by atoms with Crippen molar-refractivity contribution < 1.29 is 5.11 Å². The zero-order chi connectivity index (χ0) is 17.1. The Kier molecular flexibility index (Phi) is 4.78. The van der Waals surface area contributed by atoms with E-state index in [-0.39, 0.29) is 6.10 Å². The van der Waals surface area contributed by atoms with E-state index in [1.165, 1.54) is 0 Å². The van der Waals surface area contributed by atoms with E-state index >= 15 is 0 Å². The molecule has 1 fully saturated rings. The molecule has 0 amide bonds. The Balaban J connectivity index is 1.25. The van der Waals surface area contributed by atoms with Gasteiger partial charge < -0.3 is 9.51 Å². The fraction of sp³-hybridized carbons (Fsp3) is 0.444. The van der Waals surface area contributed by atoms with Gasteiger partial charge >= 0.3 is 0 Å². The molecule has 4 heterocycles. The second-order valence-corrected chi connectivity index (χ2v) is 6.66. The molecule has 7 nitrogen and oxygen atoms in total. The molecule has 0 radical (unpaired) electrons. The van der Waals surface area contributed by atoms with Crippen LogP contribution in [0.25, 0.3) is 5.65 Å². The van der Waals surface area contributed by atoms with Crippen LogP contribution in [0, 0.1) is 0 Å². The number of hydrogen-bond acceptors (Lipinski definition) is 5. The summed E-state index contributed by atoms with van der Waals surface area (Å²) in [4.78, 5) is 9.43. The summed E-state index contributed by atoms with van der Waals surface area (Å²) >= 11 is 0. The van der Waals surface area contributed by atoms with Gasteiger partial charge in [0.25, 0.3) is 0 Å². The molecule has 0 aromatic carbocycles. The van der Waals surface area contributed by atoms with Crippen LogP contribution >= 0.6 is 0 Å². The van der Waals surface area contributed by atoms with Gasteiger partial charge in [0.2, 0.25) is 0 Å². The van der Waals surface area contributed by atoms with Gasteiger partial charge in [-0.3, -0.25) is 14.5 Å².